The van der Waals surface area contributed by atoms with Crippen molar-refractivity contribution < 1.29 is 4.79 Å². The smallest absolute Gasteiger partial charge is 0.254 e. The lowest BCUT2D eigenvalue weighted by Crippen LogP contribution is -2.14. The molecule has 0 spiro atoms. The first-order valence-electron chi connectivity index (χ1n) is 8.20. The van der Waals surface area contributed by atoms with Gasteiger partial charge in [0.05, 0.1) is 0 Å². The van der Waals surface area contributed by atoms with E-state index in [1.165, 1.54) is 0 Å². The molecule has 0 saturated heterocycles. The van der Waals surface area contributed by atoms with Crippen molar-refractivity contribution >= 4 is 23.3 Å². The number of hydrogen-bond donors (Lipinski definition) is 2. The van der Waals surface area contributed by atoms with Crippen LogP contribution in [0.5, 0.6) is 0 Å². The Morgan fingerprint density at radius 1 is 1.12 bits per heavy atom. The van der Waals surface area contributed by atoms with E-state index in [2.05, 4.69) is 26.4 Å². The van der Waals surface area contributed by atoms with Crippen LogP contribution < -0.4 is 11.1 Å². The highest BCUT2D eigenvalue weighted by Gasteiger charge is 2.14. The Labute approximate surface area is 146 Å². The standard InChI is InChI=1S/C18H22N6O/c1-10-7-11(2)9-14(8-10)21-16(25)6-5-15-12(3)20-18-22-17(19)23-24(18)13(15)4/h7-9H,5-6H2,1-4H3,(H2,19,23)(H,21,25). The molecular formula is C18H22N6O. The minimum absolute atomic E-state index is 0.0259. The molecule has 3 rings (SSSR count). The highest BCUT2D eigenvalue weighted by atomic mass is 16.1. The van der Waals surface area contributed by atoms with Gasteiger partial charge in [-0.2, -0.15) is 9.50 Å². The van der Waals surface area contributed by atoms with E-state index in [-0.39, 0.29) is 11.9 Å². The molecule has 0 bridgehead atoms. The quantitative estimate of drug-likeness (QED) is 0.761. The summed E-state index contributed by atoms with van der Waals surface area (Å²) in [7, 11) is 0. The van der Waals surface area contributed by atoms with Crippen molar-refractivity contribution in [3.8, 4) is 0 Å². The van der Waals surface area contributed by atoms with Gasteiger partial charge in [-0.05, 0) is 62.9 Å². The summed E-state index contributed by atoms with van der Waals surface area (Å²) in [6.45, 7) is 7.88. The molecule has 7 heteroatoms. The summed E-state index contributed by atoms with van der Waals surface area (Å²) in [5.41, 5.74) is 11.5. The molecule has 3 aromatic rings. The van der Waals surface area contributed by atoms with Crippen LogP contribution in [-0.4, -0.2) is 25.5 Å². The molecular weight excluding hydrogens is 316 g/mol. The molecule has 1 amide bonds. The van der Waals surface area contributed by atoms with Gasteiger partial charge in [-0.25, -0.2) is 4.98 Å². The van der Waals surface area contributed by atoms with Crippen LogP contribution in [0, 0.1) is 27.7 Å². The van der Waals surface area contributed by atoms with E-state index in [0.29, 0.717) is 18.6 Å². The maximum Gasteiger partial charge on any atom is 0.254 e. The van der Waals surface area contributed by atoms with Crippen LogP contribution in [0.3, 0.4) is 0 Å². The van der Waals surface area contributed by atoms with Gasteiger partial charge >= 0.3 is 0 Å². The largest absolute Gasteiger partial charge is 0.366 e. The number of carbonyl (C=O) groups is 1. The number of anilines is 2. The van der Waals surface area contributed by atoms with Crippen molar-refractivity contribution in [3.63, 3.8) is 0 Å². The van der Waals surface area contributed by atoms with E-state index < -0.39 is 0 Å². The number of nitrogens with two attached hydrogens (primary N) is 1. The second kappa shape index (κ2) is 6.51. The van der Waals surface area contributed by atoms with Crippen molar-refractivity contribution in [1.29, 1.82) is 0 Å². The molecule has 130 valence electrons. The number of carbonyl (C=O) groups excluding carboxylic acids is 1. The fraction of sp³-hybridized carbons (Fsp3) is 0.333. The molecule has 2 aromatic heterocycles. The number of nitrogens with one attached hydrogen (secondary N) is 1. The molecule has 0 saturated carbocycles. The summed E-state index contributed by atoms with van der Waals surface area (Å²) in [4.78, 5) is 20.8. The Balaban J connectivity index is 1.74. The average molecular weight is 338 g/mol. The predicted molar refractivity (Wildman–Crippen MR) is 97.5 cm³/mol. The van der Waals surface area contributed by atoms with Crippen LogP contribution in [0.25, 0.3) is 5.78 Å². The molecule has 7 nitrogen and oxygen atoms in total. The summed E-state index contributed by atoms with van der Waals surface area (Å²) in [6, 6.07) is 6.01. The third-order valence-corrected chi connectivity index (χ3v) is 4.17. The number of amides is 1. The molecule has 0 aliphatic heterocycles. The Morgan fingerprint density at radius 3 is 2.48 bits per heavy atom. The Morgan fingerprint density at radius 2 is 1.80 bits per heavy atom. The first kappa shape index (κ1) is 16.9. The van der Waals surface area contributed by atoms with Gasteiger partial charge in [-0.1, -0.05) is 6.07 Å². The minimum atomic E-state index is -0.0259. The average Bonchev–Trinajstić information content (AvgIpc) is 2.86. The number of rotatable bonds is 4. The summed E-state index contributed by atoms with van der Waals surface area (Å²) in [5.74, 6) is 0.651. The molecule has 3 N–H and O–H groups in total. The molecule has 0 unspecified atom stereocenters. The van der Waals surface area contributed by atoms with Crippen molar-refractivity contribution in [3.05, 3.63) is 46.3 Å². The van der Waals surface area contributed by atoms with Gasteiger partial charge in [0.1, 0.15) is 0 Å². The van der Waals surface area contributed by atoms with Crippen LogP contribution in [0.2, 0.25) is 0 Å². The maximum absolute atomic E-state index is 12.3. The van der Waals surface area contributed by atoms with Crippen LogP contribution in [-0.2, 0) is 11.2 Å². The van der Waals surface area contributed by atoms with E-state index in [1.54, 1.807) is 4.52 Å². The third-order valence-electron chi connectivity index (χ3n) is 4.17. The van der Waals surface area contributed by atoms with Crippen molar-refractivity contribution in [2.24, 2.45) is 0 Å². The van der Waals surface area contributed by atoms with Crippen LogP contribution >= 0.6 is 0 Å². The van der Waals surface area contributed by atoms with Crippen LogP contribution in [0.4, 0.5) is 11.6 Å². The topological polar surface area (TPSA) is 98.2 Å². The normalized spacial score (nSPS) is 11.0. The molecule has 1 aromatic carbocycles. The third kappa shape index (κ3) is 3.60. The van der Waals surface area contributed by atoms with E-state index in [9.17, 15) is 4.79 Å². The number of aromatic nitrogens is 4. The van der Waals surface area contributed by atoms with E-state index in [1.807, 2.05) is 39.8 Å². The van der Waals surface area contributed by atoms with Crippen LogP contribution in [0.1, 0.15) is 34.5 Å². The number of hydrogen-bond acceptors (Lipinski definition) is 5. The van der Waals surface area contributed by atoms with Gasteiger partial charge in [0.25, 0.3) is 5.78 Å². The molecule has 0 radical (unpaired) electrons. The zero-order chi connectivity index (χ0) is 18.1. The summed E-state index contributed by atoms with van der Waals surface area (Å²) < 4.78 is 1.62. The molecule has 2 heterocycles. The fourth-order valence-electron chi connectivity index (χ4n) is 3.09. The Hall–Kier alpha value is -2.96. The summed E-state index contributed by atoms with van der Waals surface area (Å²) in [5, 5.41) is 7.11. The number of benzene rings is 1. The first-order valence-corrected chi connectivity index (χ1v) is 8.20. The van der Waals surface area contributed by atoms with Gasteiger partial charge in [-0.3, -0.25) is 4.79 Å². The van der Waals surface area contributed by atoms with E-state index in [4.69, 9.17) is 5.73 Å². The number of aryl methyl sites for hydroxylation is 4. The lowest BCUT2D eigenvalue weighted by molar-refractivity contribution is -0.116. The van der Waals surface area contributed by atoms with E-state index in [0.717, 1.165) is 33.8 Å². The Kier molecular flexibility index (Phi) is 4.39. The molecule has 0 aliphatic carbocycles. The van der Waals surface area contributed by atoms with Gasteiger partial charge < -0.3 is 11.1 Å². The number of nitrogens with zero attached hydrogens (tertiary/aromatic N) is 4. The van der Waals surface area contributed by atoms with Gasteiger partial charge in [-0.15, -0.1) is 5.10 Å². The SMILES string of the molecule is Cc1cc(C)cc(NC(=O)CCc2c(C)nc3nc(N)nn3c2C)c1. The minimum Gasteiger partial charge on any atom is -0.366 e. The lowest BCUT2D eigenvalue weighted by atomic mass is 10.1. The molecule has 0 fully saturated rings. The molecule has 0 atom stereocenters. The second-order valence-electron chi connectivity index (χ2n) is 6.37. The highest BCUT2D eigenvalue weighted by Crippen LogP contribution is 2.17. The zero-order valence-corrected chi connectivity index (χ0v) is 14.9. The lowest BCUT2D eigenvalue weighted by Gasteiger charge is -2.11. The molecule has 25 heavy (non-hydrogen) atoms. The number of nitrogen functional groups attached to an aromatic ring is 1. The van der Waals surface area contributed by atoms with Crippen molar-refractivity contribution in [2.45, 2.75) is 40.5 Å². The van der Waals surface area contributed by atoms with E-state index >= 15 is 0 Å². The van der Waals surface area contributed by atoms with Crippen molar-refractivity contribution in [1.82, 2.24) is 19.6 Å². The summed E-state index contributed by atoms with van der Waals surface area (Å²) in [6.07, 6.45) is 0.947. The second-order valence-corrected chi connectivity index (χ2v) is 6.37. The highest BCUT2D eigenvalue weighted by molar-refractivity contribution is 5.91. The molecule has 0 aliphatic rings. The zero-order valence-electron chi connectivity index (χ0n) is 14.9. The van der Waals surface area contributed by atoms with Gasteiger partial charge in [0, 0.05) is 23.5 Å². The van der Waals surface area contributed by atoms with Crippen molar-refractivity contribution in [2.75, 3.05) is 11.1 Å². The maximum atomic E-state index is 12.3. The van der Waals surface area contributed by atoms with Gasteiger partial charge in [0.2, 0.25) is 11.9 Å². The van der Waals surface area contributed by atoms with Gasteiger partial charge in [0.15, 0.2) is 0 Å². The summed E-state index contributed by atoms with van der Waals surface area (Å²) >= 11 is 0. The Bertz CT molecular complexity index is 940. The number of fused-ring (bicyclic) bond motifs is 1. The first-order chi connectivity index (χ1) is 11.8. The predicted octanol–water partition coefficient (Wildman–Crippen LogP) is 2.51. The monoisotopic (exact) mass is 338 g/mol. The fourth-order valence-corrected chi connectivity index (χ4v) is 3.09. The van der Waals surface area contributed by atoms with Crippen LogP contribution in [0.15, 0.2) is 18.2 Å².